The second-order valence-corrected chi connectivity index (χ2v) is 7.10. The minimum Gasteiger partial charge on any atom is -0.382 e. The lowest BCUT2D eigenvalue weighted by Gasteiger charge is -2.40. The van der Waals surface area contributed by atoms with Crippen molar-refractivity contribution in [1.29, 1.82) is 0 Å². The molecule has 2 aliphatic rings. The number of aliphatic hydroxyl groups is 1. The van der Waals surface area contributed by atoms with E-state index in [1.807, 2.05) is 10.9 Å². The monoisotopic (exact) mass is 308 g/mol. The highest BCUT2D eigenvalue weighted by Gasteiger charge is 2.38. The van der Waals surface area contributed by atoms with Gasteiger partial charge in [0, 0.05) is 32.3 Å². The Morgan fingerprint density at radius 3 is 2.86 bits per heavy atom. The third-order valence-corrected chi connectivity index (χ3v) is 4.92. The highest BCUT2D eigenvalue weighted by molar-refractivity contribution is 5.10. The first-order chi connectivity index (χ1) is 10.6. The zero-order chi connectivity index (χ0) is 15.6. The maximum Gasteiger partial charge on any atom is 0.123 e. The smallest absolute Gasteiger partial charge is 0.123 e. The molecule has 1 atom stereocenters. The van der Waals surface area contributed by atoms with Gasteiger partial charge in [-0.05, 0) is 52.0 Å². The van der Waals surface area contributed by atoms with E-state index in [4.69, 9.17) is 4.74 Å². The first-order valence-corrected chi connectivity index (χ1v) is 8.51. The van der Waals surface area contributed by atoms with E-state index in [2.05, 4.69) is 29.1 Å². The maximum atomic E-state index is 11.1. The molecule has 6 nitrogen and oxygen atoms in total. The van der Waals surface area contributed by atoms with Gasteiger partial charge in [-0.15, -0.1) is 5.10 Å². The molecule has 2 saturated heterocycles. The molecule has 0 aliphatic carbocycles. The molecule has 2 aliphatic heterocycles. The van der Waals surface area contributed by atoms with Gasteiger partial charge in [-0.25, -0.2) is 4.68 Å². The van der Waals surface area contributed by atoms with Crippen LogP contribution in [-0.2, 0) is 10.3 Å². The van der Waals surface area contributed by atoms with Crippen LogP contribution in [0, 0.1) is 5.92 Å². The maximum absolute atomic E-state index is 11.1. The van der Waals surface area contributed by atoms with E-state index < -0.39 is 5.60 Å². The van der Waals surface area contributed by atoms with Crippen LogP contribution in [0.2, 0.25) is 0 Å². The molecule has 0 unspecified atom stereocenters. The fourth-order valence-electron chi connectivity index (χ4n) is 3.52. The fourth-order valence-corrected chi connectivity index (χ4v) is 3.52. The van der Waals surface area contributed by atoms with Crippen LogP contribution >= 0.6 is 0 Å². The molecule has 3 rings (SSSR count). The van der Waals surface area contributed by atoms with E-state index in [1.54, 1.807) is 0 Å². The van der Waals surface area contributed by atoms with Gasteiger partial charge in [0.15, 0.2) is 0 Å². The van der Waals surface area contributed by atoms with Crippen molar-refractivity contribution in [2.75, 3.05) is 32.8 Å². The number of hydrogen-bond donors (Lipinski definition) is 1. The summed E-state index contributed by atoms with van der Waals surface area (Å²) in [4.78, 5) is 2.40. The summed E-state index contributed by atoms with van der Waals surface area (Å²) in [7, 11) is 0. The average Bonchev–Trinajstić information content (AvgIpc) is 2.99. The molecule has 0 amide bonds. The van der Waals surface area contributed by atoms with Gasteiger partial charge < -0.3 is 9.84 Å². The number of likely N-dealkylation sites (tertiary alicyclic amines) is 1. The average molecular weight is 308 g/mol. The van der Waals surface area contributed by atoms with Crippen LogP contribution in [-0.4, -0.2) is 57.8 Å². The summed E-state index contributed by atoms with van der Waals surface area (Å²) < 4.78 is 7.26. The van der Waals surface area contributed by atoms with Crippen molar-refractivity contribution in [3.8, 4) is 0 Å². The van der Waals surface area contributed by atoms with Gasteiger partial charge in [-0.1, -0.05) is 5.21 Å². The Labute approximate surface area is 132 Å². The van der Waals surface area contributed by atoms with Gasteiger partial charge >= 0.3 is 0 Å². The van der Waals surface area contributed by atoms with Crippen LogP contribution in [0.25, 0.3) is 0 Å². The van der Waals surface area contributed by atoms with Gasteiger partial charge in [-0.2, -0.15) is 0 Å². The van der Waals surface area contributed by atoms with Crippen LogP contribution in [0.15, 0.2) is 6.20 Å². The molecule has 6 heteroatoms. The molecule has 1 N–H and O–H groups in total. The Bertz CT molecular complexity index is 484. The summed E-state index contributed by atoms with van der Waals surface area (Å²) in [6.45, 7) is 8.70. The number of hydrogen-bond acceptors (Lipinski definition) is 5. The number of piperidine rings is 1. The molecule has 1 aromatic rings. The van der Waals surface area contributed by atoms with Crippen molar-refractivity contribution < 1.29 is 9.84 Å². The largest absolute Gasteiger partial charge is 0.382 e. The van der Waals surface area contributed by atoms with Crippen LogP contribution < -0.4 is 0 Å². The quantitative estimate of drug-likeness (QED) is 0.915. The lowest BCUT2D eigenvalue weighted by molar-refractivity contribution is -0.0479. The number of ether oxygens (including phenoxy) is 1. The molecule has 0 radical (unpaired) electrons. The lowest BCUT2D eigenvalue weighted by atomic mass is 9.88. The summed E-state index contributed by atoms with van der Waals surface area (Å²) in [5.41, 5.74) is -0.130. The molecule has 22 heavy (non-hydrogen) atoms. The third-order valence-electron chi connectivity index (χ3n) is 4.92. The molecule has 124 valence electrons. The van der Waals surface area contributed by atoms with E-state index in [0.29, 0.717) is 12.5 Å². The minimum atomic E-state index is -0.851. The number of aromatic nitrogens is 3. The summed E-state index contributed by atoms with van der Waals surface area (Å²) in [5.74, 6) is 0.697. The van der Waals surface area contributed by atoms with Crippen LogP contribution in [0.1, 0.15) is 51.3 Å². The minimum absolute atomic E-state index is 0.270. The van der Waals surface area contributed by atoms with E-state index in [1.165, 1.54) is 0 Å². The molecule has 3 heterocycles. The lowest BCUT2D eigenvalue weighted by Crippen LogP contribution is -2.48. The second kappa shape index (κ2) is 6.64. The Balaban J connectivity index is 1.65. The highest BCUT2D eigenvalue weighted by Crippen LogP contribution is 2.31. The Morgan fingerprint density at radius 1 is 1.41 bits per heavy atom. The van der Waals surface area contributed by atoms with E-state index >= 15 is 0 Å². The number of rotatable bonds is 4. The molecular weight excluding hydrogens is 280 g/mol. The molecule has 0 aromatic carbocycles. The number of β-amino-alcohol motifs (C(OH)–C–C–N with tert-alkyl or cyclic N) is 1. The van der Waals surface area contributed by atoms with Crippen molar-refractivity contribution in [2.24, 2.45) is 5.92 Å². The molecule has 0 saturated carbocycles. The molecule has 2 fully saturated rings. The van der Waals surface area contributed by atoms with Gasteiger partial charge in [0.25, 0.3) is 0 Å². The zero-order valence-corrected chi connectivity index (χ0v) is 13.7. The zero-order valence-electron chi connectivity index (χ0n) is 13.7. The van der Waals surface area contributed by atoms with E-state index in [0.717, 1.165) is 57.7 Å². The number of nitrogens with zero attached hydrogens (tertiary/aromatic N) is 4. The standard InChI is InChI=1S/C16H28N4O2/c1-13(2)20-11-15(17-18-20)16(21)6-3-7-19(12-16)10-14-4-8-22-9-5-14/h11,13-14,21H,3-10,12H2,1-2H3/t16-/m0/s1. The van der Waals surface area contributed by atoms with Gasteiger partial charge in [0.05, 0.1) is 6.20 Å². The van der Waals surface area contributed by atoms with Crippen LogP contribution in [0.4, 0.5) is 0 Å². The normalized spacial score (nSPS) is 28.4. The third kappa shape index (κ3) is 3.50. The van der Waals surface area contributed by atoms with E-state index in [9.17, 15) is 5.11 Å². The Morgan fingerprint density at radius 2 is 2.18 bits per heavy atom. The Hall–Kier alpha value is -0.980. The molecule has 0 spiro atoms. The molecule has 1 aromatic heterocycles. The topological polar surface area (TPSA) is 63.4 Å². The van der Waals surface area contributed by atoms with Gasteiger partial charge in [0.2, 0.25) is 0 Å². The summed E-state index contributed by atoms with van der Waals surface area (Å²) in [6, 6.07) is 0.270. The first-order valence-electron chi connectivity index (χ1n) is 8.51. The van der Waals surface area contributed by atoms with Gasteiger partial charge in [0.1, 0.15) is 11.3 Å². The SMILES string of the molecule is CC(C)n1cc([C@]2(O)CCCN(CC3CCOCC3)C2)nn1. The van der Waals surface area contributed by atoms with Crippen molar-refractivity contribution in [2.45, 2.75) is 51.2 Å². The summed E-state index contributed by atoms with van der Waals surface area (Å²) >= 11 is 0. The predicted molar refractivity (Wildman–Crippen MR) is 83.5 cm³/mol. The van der Waals surface area contributed by atoms with Crippen LogP contribution in [0.3, 0.4) is 0 Å². The van der Waals surface area contributed by atoms with E-state index in [-0.39, 0.29) is 6.04 Å². The molecular formula is C16H28N4O2. The van der Waals surface area contributed by atoms with Crippen molar-refractivity contribution in [3.63, 3.8) is 0 Å². The summed E-state index contributed by atoms with van der Waals surface area (Å²) in [5, 5.41) is 19.4. The van der Waals surface area contributed by atoms with Crippen molar-refractivity contribution in [3.05, 3.63) is 11.9 Å². The second-order valence-electron chi connectivity index (χ2n) is 7.10. The summed E-state index contributed by atoms with van der Waals surface area (Å²) in [6.07, 6.45) is 5.96. The molecule has 0 bridgehead atoms. The predicted octanol–water partition coefficient (Wildman–Crippen LogP) is 1.57. The Kier molecular flexibility index (Phi) is 4.80. The van der Waals surface area contributed by atoms with Gasteiger partial charge in [-0.3, -0.25) is 4.90 Å². The fraction of sp³-hybridized carbons (Fsp3) is 0.875. The highest BCUT2D eigenvalue weighted by atomic mass is 16.5. The first kappa shape index (κ1) is 15.9. The van der Waals surface area contributed by atoms with Crippen LogP contribution in [0.5, 0.6) is 0 Å². The van der Waals surface area contributed by atoms with Crippen molar-refractivity contribution >= 4 is 0 Å². The van der Waals surface area contributed by atoms with Crippen molar-refractivity contribution in [1.82, 2.24) is 19.9 Å².